The molecule has 0 saturated carbocycles. The zero-order chi connectivity index (χ0) is 21.0. The van der Waals surface area contributed by atoms with E-state index in [0.29, 0.717) is 17.1 Å². The van der Waals surface area contributed by atoms with Crippen molar-refractivity contribution in [3.63, 3.8) is 0 Å². The van der Waals surface area contributed by atoms with Crippen molar-refractivity contribution >= 4 is 43.2 Å². The number of para-hydroxylation sites is 1. The van der Waals surface area contributed by atoms with Crippen LogP contribution in [0.4, 0.5) is 11.4 Å². The molecular weight excluding hydrogens is 456 g/mol. The fraction of sp³-hybridized carbons (Fsp3) is 0.0952. The Morgan fingerprint density at radius 1 is 1.00 bits per heavy atom. The number of carbonyl (C=O) groups excluding carboxylic acids is 1. The molecule has 3 rings (SSSR count). The number of methoxy groups -OCH3 is 1. The Hall–Kier alpha value is -2.84. The molecule has 0 atom stereocenters. The molecule has 3 aromatic rings. The summed E-state index contributed by atoms with van der Waals surface area (Å²) in [5.74, 6) is 0.228. The molecule has 0 aromatic heterocycles. The van der Waals surface area contributed by atoms with Crippen molar-refractivity contribution in [2.24, 2.45) is 0 Å². The van der Waals surface area contributed by atoms with Crippen LogP contribution in [0.3, 0.4) is 0 Å². The SMILES string of the molecule is COc1ccc(N(C)S(=O)(=O)c2cccc(C(=O)Nc3ccccc3Br)c2)cc1. The first-order valence-corrected chi connectivity index (χ1v) is 10.8. The van der Waals surface area contributed by atoms with Gasteiger partial charge >= 0.3 is 0 Å². The number of nitrogens with zero attached hydrogens (tertiary/aromatic N) is 1. The first-order chi connectivity index (χ1) is 13.8. The van der Waals surface area contributed by atoms with E-state index in [-0.39, 0.29) is 10.5 Å². The number of halogens is 1. The third-order valence-electron chi connectivity index (χ3n) is 4.31. The smallest absolute Gasteiger partial charge is 0.264 e. The van der Waals surface area contributed by atoms with Crippen molar-refractivity contribution in [3.05, 3.63) is 82.8 Å². The molecule has 0 unspecified atom stereocenters. The van der Waals surface area contributed by atoms with E-state index in [2.05, 4.69) is 21.2 Å². The van der Waals surface area contributed by atoms with Crippen LogP contribution in [0.5, 0.6) is 5.75 Å². The predicted octanol–water partition coefficient (Wildman–Crippen LogP) is 4.54. The highest BCUT2D eigenvalue weighted by Crippen LogP contribution is 2.26. The maximum absolute atomic E-state index is 13.0. The van der Waals surface area contributed by atoms with Crippen LogP contribution < -0.4 is 14.4 Å². The Kier molecular flexibility index (Phi) is 6.24. The number of hydrogen-bond donors (Lipinski definition) is 1. The van der Waals surface area contributed by atoms with Gasteiger partial charge in [-0.1, -0.05) is 18.2 Å². The van der Waals surface area contributed by atoms with Gasteiger partial charge in [0.05, 0.1) is 23.4 Å². The van der Waals surface area contributed by atoms with Crippen molar-refractivity contribution in [3.8, 4) is 5.75 Å². The van der Waals surface area contributed by atoms with Crippen LogP contribution in [0.25, 0.3) is 0 Å². The van der Waals surface area contributed by atoms with Crippen molar-refractivity contribution in [2.45, 2.75) is 4.90 Å². The molecule has 0 aliphatic carbocycles. The van der Waals surface area contributed by atoms with Crippen LogP contribution in [0.1, 0.15) is 10.4 Å². The number of carbonyl (C=O) groups is 1. The fourth-order valence-electron chi connectivity index (χ4n) is 2.64. The van der Waals surface area contributed by atoms with E-state index in [1.807, 2.05) is 6.07 Å². The maximum atomic E-state index is 13.0. The predicted molar refractivity (Wildman–Crippen MR) is 117 cm³/mol. The van der Waals surface area contributed by atoms with E-state index in [1.165, 1.54) is 19.2 Å². The van der Waals surface area contributed by atoms with Gasteiger partial charge in [-0.3, -0.25) is 9.10 Å². The van der Waals surface area contributed by atoms with Gasteiger partial charge in [-0.25, -0.2) is 8.42 Å². The lowest BCUT2D eigenvalue weighted by Gasteiger charge is -2.20. The molecule has 0 fully saturated rings. The van der Waals surface area contributed by atoms with E-state index >= 15 is 0 Å². The van der Waals surface area contributed by atoms with Gasteiger partial charge in [0.1, 0.15) is 5.75 Å². The minimum absolute atomic E-state index is 0.0237. The molecule has 6 nitrogen and oxygen atoms in total. The van der Waals surface area contributed by atoms with Crippen LogP contribution in [-0.2, 0) is 10.0 Å². The van der Waals surface area contributed by atoms with Crippen LogP contribution in [0.2, 0.25) is 0 Å². The first-order valence-electron chi connectivity index (χ1n) is 8.62. The zero-order valence-corrected chi connectivity index (χ0v) is 18.2. The molecule has 150 valence electrons. The fourth-order valence-corrected chi connectivity index (χ4v) is 4.27. The molecule has 0 saturated heterocycles. The molecule has 1 N–H and O–H groups in total. The van der Waals surface area contributed by atoms with Crippen molar-refractivity contribution in [1.29, 1.82) is 0 Å². The number of amides is 1. The summed E-state index contributed by atoms with van der Waals surface area (Å²) in [7, 11) is -0.840. The second kappa shape index (κ2) is 8.67. The zero-order valence-electron chi connectivity index (χ0n) is 15.8. The second-order valence-corrected chi connectivity index (χ2v) is 8.96. The number of ether oxygens (including phenoxy) is 1. The van der Waals surface area contributed by atoms with Crippen molar-refractivity contribution < 1.29 is 17.9 Å². The quantitative estimate of drug-likeness (QED) is 0.568. The highest BCUT2D eigenvalue weighted by Gasteiger charge is 2.22. The number of nitrogens with one attached hydrogen (secondary N) is 1. The summed E-state index contributed by atoms with van der Waals surface area (Å²) in [4.78, 5) is 12.6. The van der Waals surface area contributed by atoms with E-state index < -0.39 is 15.9 Å². The van der Waals surface area contributed by atoms with Crippen molar-refractivity contribution in [2.75, 3.05) is 23.8 Å². The third kappa shape index (κ3) is 4.60. The average Bonchev–Trinajstić information content (AvgIpc) is 2.75. The third-order valence-corrected chi connectivity index (χ3v) is 6.79. The standard InChI is InChI=1S/C21H19BrN2O4S/c1-24(16-10-12-17(28-2)13-11-16)29(26,27)18-7-5-6-15(14-18)21(25)23-20-9-4-3-8-19(20)22/h3-14H,1-2H3,(H,23,25). The summed E-state index contributed by atoms with van der Waals surface area (Å²) in [5.41, 5.74) is 1.32. The van der Waals surface area contributed by atoms with Gasteiger partial charge in [-0.15, -0.1) is 0 Å². The van der Waals surface area contributed by atoms with Gasteiger partial charge in [0.25, 0.3) is 15.9 Å². The molecule has 0 aliphatic heterocycles. The molecular formula is C21H19BrN2O4S. The Balaban J connectivity index is 1.87. The van der Waals surface area contributed by atoms with Crippen LogP contribution in [0, 0.1) is 0 Å². The number of benzene rings is 3. The molecule has 3 aromatic carbocycles. The lowest BCUT2D eigenvalue weighted by molar-refractivity contribution is 0.102. The molecule has 29 heavy (non-hydrogen) atoms. The Bertz CT molecular complexity index is 1130. The molecule has 0 radical (unpaired) electrons. The van der Waals surface area contributed by atoms with E-state index in [4.69, 9.17) is 4.74 Å². The largest absolute Gasteiger partial charge is 0.497 e. The molecule has 0 aliphatic rings. The summed E-state index contributed by atoms with van der Waals surface area (Å²) in [5, 5.41) is 2.77. The average molecular weight is 475 g/mol. The molecule has 0 spiro atoms. The van der Waals surface area contributed by atoms with E-state index in [1.54, 1.807) is 61.7 Å². The summed E-state index contributed by atoms with van der Waals surface area (Å²) in [6.07, 6.45) is 0. The molecule has 8 heteroatoms. The lowest BCUT2D eigenvalue weighted by Crippen LogP contribution is -2.26. The van der Waals surface area contributed by atoms with E-state index in [0.717, 1.165) is 8.78 Å². The summed E-state index contributed by atoms with van der Waals surface area (Å²) in [6, 6.07) is 19.8. The Morgan fingerprint density at radius 2 is 1.69 bits per heavy atom. The normalized spacial score (nSPS) is 11.0. The highest BCUT2D eigenvalue weighted by molar-refractivity contribution is 9.10. The van der Waals surface area contributed by atoms with Gasteiger partial charge in [0.2, 0.25) is 0 Å². The lowest BCUT2D eigenvalue weighted by atomic mass is 10.2. The topological polar surface area (TPSA) is 75.7 Å². The summed E-state index contributed by atoms with van der Waals surface area (Å²) in [6.45, 7) is 0. The number of rotatable bonds is 6. The monoisotopic (exact) mass is 474 g/mol. The summed E-state index contributed by atoms with van der Waals surface area (Å²) < 4.78 is 33.1. The Morgan fingerprint density at radius 3 is 2.34 bits per heavy atom. The van der Waals surface area contributed by atoms with Gasteiger partial charge in [-0.2, -0.15) is 0 Å². The molecule has 1 amide bonds. The second-order valence-electron chi connectivity index (χ2n) is 6.13. The minimum Gasteiger partial charge on any atom is -0.497 e. The minimum atomic E-state index is -3.85. The summed E-state index contributed by atoms with van der Waals surface area (Å²) >= 11 is 3.37. The van der Waals surface area contributed by atoms with E-state index in [9.17, 15) is 13.2 Å². The molecule has 0 bridgehead atoms. The first kappa shape index (κ1) is 20.9. The van der Waals surface area contributed by atoms with Gasteiger partial charge in [0.15, 0.2) is 0 Å². The Labute approximate surface area is 178 Å². The van der Waals surface area contributed by atoms with Crippen LogP contribution >= 0.6 is 15.9 Å². The van der Waals surface area contributed by atoms with Crippen LogP contribution in [-0.4, -0.2) is 28.5 Å². The van der Waals surface area contributed by atoms with Crippen molar-refractivity contribution in [1.82, 2.24) is 0 Å². The molecule has 0 heterocycles. The number of hydrogen-bond acceptors (Lipinski definition) is 4. The number of anilines is 2. The number of sulfonamides is 1. The highest BCUT2D eigenvalue weighted by atomic mass is 79.9. The maximum Gasteiger partial charge on any atom is 0.264 e. The van der Waals surface area contributed by atoms with Gasteiger partial charge in [0, 0.05) is 17.1 Å². The van der Waals surface area contributed by atoms with Gasteiger partial charge in [-0.05, 0) is 70.5 Å². The van der Waals surface area contributed by atoms with Gasteiger partial charge < -0.3 is 10.1 Å². The van der Waals surface area contributed by atoms with Crippen LogP contribution in [0.15, 0.2) is 82.2 Å².